The maximum absolute atomic E-state index is 9.08. The van der Waals surface area contributed by atoms with Crippen molar-refractivity contribution in [3.05, 3.63) is 10.6 Å². The Morgan fingerprint density at radius 1 is 1.31 bits per heavy atom. The SMILES string of the molecule is OCc1n[nH]c(=S)n1CCCN1CCCC1. The van der Waals surface area contributed by atoms with Crippen molar-refractivity contribution >= 4 is 12.2 Å². The molecule has 0 aliphatic carbocycles. The summed E-state index contributed by atoms with van der Waals surface area (Å²) >= 11 is 5.11. The molecule has 0 saturated carbocycles. The quantitative estimate of drug-likeness (QED) is 0.754. The summed E-state index contributed by atoms with van der Waals surface area (Å²) in [7, 11) is 0. The van der Waals surface area contributed by atoms with Gasteiger partial charge >= 0.3 is 0 Å². The molecule has 90 valence electrons. The van der Waals surface area contributed by atoms with Crippen molar-refractivity contribution in [2.45, 2.75) is 32.4 Å². The summed E-state index contributed by atoms with van der Waals surface area (Å²) in [6.45, 7) is 4.34. The van der Waals surface area contributed by atoms with Crippen molar-refractivity contribution in [1.29, 1.82) is 0 Å². The molecule has 0 amide bonds. The summed E-state index contributed by atoms with van der Waals surface area (Å²) in [6, 6.07) is 0. The number of nitrogens with zero attached hydrogens (tertiary/aromatic N) is 3. The number of H-pyrrole nitrogens is 1. The van der Waals surface area contributed by atoms with Gasteiger partial charge in [0.2, 0.25) is 0 Å². The first-order chi connectivity index (χ1) is 7.81. The fraction of sp³-hybridized carbons (Fsp3) is 0.800. The summed E-state index contributed by atoms with van der Waals surface area (Å²) in [5.74, 6) is 0.631. The van der Waals surface area contributed by atoms with E-state index in [2.05, 4.69) is 15.1 Å². The lowest BCUT2D eigenvalue weighted by molar-refractivity contribution is 0.261. The third-order valence-corrected chi connectivity index (χ3v) is 3.35. The number of likely N-dealkylation sites (tertiary alicyclic amines) is 1. The molecule has 0 unspecified atom stereocenters. The van der Waals surface area contributed by atoms with E-state index in [0.717, 1.165) is 19.5 Å². The van der Waals surface area contributed by atoms with Crippen molar-refractivity contribution in [1.82, 2.24) is 19.7 Å². The van der Waals surface area contributed by atoms with Crippen LogP contribution in [0.4, 0.5) is 0 Å². The van der Waals surface area contributed by atoms with E-state index in [1.165, 1.54) is 25.9 Å². The second-order valence-electron chi connectivity index (χ2n) is 4.16. The van der Waals surface area contributed by atoms with E-state index in [1.807, 2.05) is 4.57 Å². The normalized spacial score (nSPS) is 17.1. The van der Waals surface area contributed by atoms with Gasteiger partial charge in [-0.05, 0) is 51.1 Å². The summed E-state index contributed by atoms with van der Waals surface area (Å²) < 4.78 is 2.48. The minimum Gasteiger partial charge on any atom is -0.388 e. The van der Waals surface area contributed by atoms with Crippen molar-refractivity contribution < 1.29 is 5.11 Å². The molecule has 1 aromatic heterocycles. The number of aromatic nitrogens is 3. The zero-order chi connectivity index (χ0) is 11.4. The number of nitrogens with one attached hydrogen (secondary N) is 1. The Morgan fingerprint density at radius 3 is 2.75 bits per heavy atom. The minimum atomic E-state index is -0.0587. The highest BCUT2D eigenvalue weighted by atomic mass is 32.1. The van der Waals surface area contributed by atoms with Gasteiger partial charge in [-0.3, -0.25) is 5.10 Å². The summed E-state index contributed by atoms with van der Waals surface area (Å²) in [5.41, 5.74) is 0. The Morgan fingerprint density at radius 2 is 2.06 bits per heavy atom. The monoisotopic (exact) mass is 242 g/mol. The Kier molecular flexibility index (Phi) is 4.09. The fourth-order valence-corrected chi connectivity index (χ4v) is 2.40. The van der Waals surface area contributed by atoms with Crippen LogP contribution in [0.5, 0.6) is 0 Å². The van der Waals surface area contributed by atoms with E-state index < -0.39 is 0 Å². The number of hydrogen-bond acceptors (Lipinski definition) is 4. The van der Waals surface area contributed by atoms with Crippen molar-refractivity contribution in [2.75, 3.05) is 19.6 Å². The smallest absolute Gasteiger partial charge is 0.195 e. The highest BCUT2D eigenvalue weighted by Gasteiger charge is 2.11. The Labute approximate surface area is 100 Å². The maximum Gasteiger partial charge on any atom is 0.195 e. The average Bonchev–Trinajstić information content (AvgIpc) is 2.90. The molecule has 1 aliphatic rings. The molecular formula is C10H18N4OS. The lowest BCUT2D eigenvalue weighted by Gasteiger charge is -2.14. The van der Waals surface area contributed by atoms with Gasteiger partial charge in [-0.2, -0.15) is 5.10 Å². The number of rotatable bonds is 5. The highest BCUT2D eigenvalue weighted by Crippen LogP contribution is 2.08. The largest absolute Gasteiger partial charge is 0.388 e. The molecule has 16 heavy (non-hydrogen) atoms. The van der Waals surface area contributed by atoms with Gasteiger partial charge in [-0.15, -0.1) is 0 Å². The molecule has 0 aromatic carbocycles. The minimum absolute atomic E-state index is 0.0587. The number of aliphatic hydroxyl groups is 1. The second kappa shape index (κ2) is 5.56. The van der Waals surface area contributed by atoms with E-state index >= 15 is 0 Å². The number of aromatic amines is 1. The van der Waals surface area contributed by atoms with Gasteiger partial charge in [0.05, 0.1) is 0 Å². The zero-order valence-corrected chi connectivity index (χ0v) is 10.2. The molecular weight excluding hydrogens is 224 g/mol. The zero-order valence-electron chi connectivity index (χ0n) is 9.35. The van der Waals surface area contributed by atoms with Crippen molar-refractivity contribution in [3.8, 4) is 0 Å². The summed E-state index contributed by atoms with van der Waals surface area (Å²) in [5, 5.41) is 15.8. The lowest BCUT2D eigenvalue weighted by Crippen LogP contribution is -2.21. The molecule has 1 saturated heterocycles. The van der Waals surface area contributed by atoms with Crippen LogP contribution < -0.4 is 0 Å². The van der Waals surface area contributed by atoms with Crippen LogP contribution in [0.2, 0.25) is 0 Å². The van der Waals surface area contributed by atoms with Gasteiger partial charge in [0.25, 0.3) is 0 Å². The fourth-order valence-electron chi connectivity index (χ4n) is 2.16. The van der Waals surface area contributed by atoms with Crippen LogP contribution in [0.3, 0.4) is 0 Å². The van der Waals surface area contributed by atoms with Crippen LogP contribution in [-0.4, -0.2) is 44.4 Å². The van der Waals surface area contributed by atoms with Crippen molar-refractivity contribution in [2.24, 2.45) is 0 Å². The first kappa shape index (κ1) is 11.8. The predicted octanol–water partition coefficient (Wildman–Crippen LogP) is 0.919. The molecule has 1 aromatic rings. The molecule has 2 rings (SSSR count). The molecule has 1 aliphatic heterocycles. The number of hydrogen-bond donors (Lipinski definition) is 2. The van der Waals surface area contributed by atoms with Gasteiger partial charge in [0, 0.05) is 6.54 Å². The van der Waals surface area contributed by atoms with Crippen LogP contribution in [0.25, 0.3) is 0 Å². The van der Waals surface area contributed by atoms with E-state index in [-0.39, 0.29) is 6.61 Å². The average molecular weight is 242 g/mol. The molecule has 0 spiro atoms. The lowest BCUT2D eigenvalue weighted by atomic mass is 10.4. The maximum atomic E-state index is 9.08. The third kappa shape index (κ3) is 2.69. The van der Waals surface area contributed by atoms with Crippen LogP contribution in [0.15, 0.2) is 0 Å². The molecule has 0 radical (unpaired) electrons. The van der Waals surface area contributed by atoms with E-state index in [1.54, 1.807) is 0 Å². The Bertz CT molecular complexity index is 380. The van der Waals surface area contributed by atoms with Gasteiger partial charge in [-0.1, -0.05) is 0 Å². The second-order valence-corrected chi connectivity index (χ2v) is 4.54. The van der Waals surface area contributed by atoms with Crippen LogP contribution in [-0.2, 0) is 13.2 Å². The van der Waals surface area contributed by atoms with E-state index in [9.17, 15) is 0 Å². The number of aliphatic hydroxyl groups excluding tert-OH is 1. The van der Waals surface area contributed by atoms with Crippen LogP contribution in [0.1, 0.15) is 25.1 Å². The Hall–Kier alpha value is -0.720. The predicted molar refractivity (Wildman–Crippen MR) is 63.6 cm³/mol. The van der Waals surface area contributed by atoms with Crippen LogP contribution >= 0.6 is 12.2 Å². The van der Waals surface area contributed by atoms with Crippen LogP contribution in [0, 0.1) is 4.77 Å². The first-order valence-electron chi connectivity index (χ1n) is 5.78. The summed E-state index contributed by atoms with van der Waals surface area (Å²) in [4.78, 5) is 2.47. The highest BCUT2D eigenvalue weighted by molar-refractivity contribution is 7.71. The molecule has 0 atom stereocenters. The standard InChI is InChI=1S/C10H18N4OS/c15-8-9-11-12-10(16)14(9)7-3-6-13-4-1-2-5-13/h15H,1-8H2,(H,12,16). The third-order valence-electron chi connectivity index (χ3n) is 3.03. The molecule has 2 heterocycles. The first-order valence-corrected chi connectivity index (χ1v) is 6.19. The molecule has 2 N–H and O–H groups in total. The molecule has 0 bridgehead atoms. The van der Waals surface area contributed by atoms with Gasteiger partial charge in [0.15, 0.2) is 10.6 Å². The van der Waals surface area contributed by atoms with Gasteiger partial charge in [0.1, 0.15) is 6.61 Å². The molecule has 6 heteroatoms. The Balaban J connectivity index is 1.84. The van der Waals surface area contributed by atoms with E-state index in [4.69, 9.17) is 17.3 Å². The summed E-state index contributed by atoms with van der Waals surface area (Å²) in [6.07, 6.45) is 3.71. The molecule has 1 fully saturated rings. The van der Waals surface area contributed by atoms with E-state index in [0.29, 0.717) is 10.6 Å². The van der Waals surface area contributed by atoms with Crippen molar-refractivity contribution in [3.63, 3.8) is 0 Å². The van der Waals surface area contributed by atoms with Gasteiger partial charge in [-0.25, -0.2) is 0 Å². The molecule has 5 nitrogen and oxygen atoms in total. The van der Waals surface area contributed by atoms with Gasteiger partial charge < -0.3 is 14.6 Å². The topological polar surface area (TPSA) is 57.1 Å².